The third kappa shape index (κ3) is 4.22. The number of aryl methyl sites for hydroxylation is 2. The number of hydrogen-bond donors (Lipinski definition) is 0. The van der Waals surface area contributed by atoms with E-state index >= 15 is 0 Å². The number of carbonyl (C=O) groups is 2. The molecule has 0 radical (unpaired) electrons. The number of ketones is 1. The van der Waals surface area contributed by atoms with Gasteiger partial charge in [0, 0.05) is 64.6 Å². The summed E-state index contributed by atoms with van der Waals surface area (Å²) in [5, 5.41) is 0. The lowest BCUT2D eigenvalue weighted by Gasteiger charge is -2.36. The first-order valence-electron chi connectivity index (χ1n) is 10.5. The second-order valence-electron chi connectivity index (χ2n) is 8.17. The van der Waals surface area contributed by atoms with Crippen molar-refractivity contribution in [2.75, 3.05) is 50.7 Å². The van der Waals surface area contributed by atoms with Gasteiger partial charge in [-0.05, 0) is 38.1 Å². The summed E-state index contributed by atoms with van der Waals surface area (Å²) in [7, 11) is 1.83. The monoisotopic (exact) mass is 394 g/mol. The number of Topliss-reactive ketones (excluding diaryl/α,β-unsaturated/α-hetero) is 1. The fourth-order valence-corrected chi connectivity index (χ4v) is 4.36. The molecule has 6 heteroatoms. The van der Waals surface area contributed by atoms with Crippen molar-refractivity contribution in [1.29, 1.82) is 0 Å². The molecule has 1 fully saturated rings. The third-order valence-electron chi connectivity index (χ3n) is 6.14. The Hall–Kier alpha value is -2.60. The van der Waals surface area contributed by atoms with E-state index in [-0.39, 0.29) is 11.7 Å². The Kier molecular flexibility index (Phi) is 5.72. The number of amides is 1. The highest BCUT2D eigenvalue weighted by Gasteiger charge is 2.29. The maximum Gasteiger partial charge on any atom is 0.256 e. The maximum atomic E-state index is 12.8. The van der Waals surface area contributed by atoms with Crippen LogP contribution >= 0.6 is 0 Å². The van der Waals surface area contributed by atoms with E-state index in [0.29, 0.717) is 30.8 Å². The zero-order valence-corrected chi connectivity index (χ0v) is 17.4. The Labute approximate surface area is 172 Å². The summed E-state index contributed by atoms with van der Waals surface area (Å²) in [5.74, 6) is 0.0613. The van der Waals surface area contributed by atoms with Crippen molar-refractivity contribution in [1.82, 2.24) is 14.4 Å². The molecule has 0 aliphatic carbocycles. The fourth-order valence-electron chi connectivity index (χ4n) is 4.36. The highest BCUT2D eigenvalue weighted by atomic mass is 16.2. The van der Waals surface area contributed by atoms with Crippen LogP contribution in [0.15, 0.2) is 36.5 Å². The lowest BCUT2D eigenvalue weighted by atomic mass is 10.1. The van der Waals surface area contributed by atoms with Crippen LogP contribution < -0.4 is 4.90 Å². The number of carbonyl (C=O) groups excluding carboxylic acids is 2. The number of rotatable bonds is 5. The molecule has 6 nitrogen and oxygen atoms in total. The molecule has 2 aliphatic rings. The number of anilines is 1. The van der Waals surface area contributed by atoms with Crippen molar-refractivity contribution in [2.45, 2.75) is 19.8 Å². The predicted molar refractivity (Wildman–Crippen MR) is 115 cm³/mol. The van der Waals surface area contributed by atoms with Crippen LogP contribution in [0.25, 0.3) is 0 Å². The fraction of sp³-hybridized carbons (Fsp3) is 0.478. The molecule has 2 aromatic rings. The highest BCUT2D eigenvalue weighted by molar-refractivity contribution is 6.08. The quantitative estimate of drug-likeness (QED) is 0.782. The smallest absolute Gasteiger partial charge is 0.256 e. The first-order valence-corrected chi connectivity index (χ1v) is 10.5. The standard InChI is InChI=1S/C23H30N4O2/c1-18-4-6-19(7-5-18)26-16-14-25(15-17-26)10-3-11-27-13-9-21(28)22-20(23(27)29)8-12-24(22)2/h4-8,12H,3,9-11,13-17H2,1-2H3. The van der Waals surface area contributed by atoms with Crippen LogP contribution in [0, 0.1) is 6.92 Å². The molecular weight excluding hydrogens is 364 g/mol. The van der Waals surface area contributed by atoms with Gasteiger partial charge in [0.15, 0.2) is 5.78 Å². The first-order chi connectivity index (χ1) is 14.0. The van der Waals surface area contributed by atoms with Gasteiger partial charge in [-0.1, -0.05) is 17.7 Å². The van der Waals surface area contributed by atoms with E-state index in [9.17, 15) is 9.59 Å². The lowest BCUT2D eigenvalue weighted by molar-refractivity contribution is 0.0750. The largest absolute Gasteiger partial charge is 0.369 e. The van der Waals surface area contributed by atoms with Crippen molar-refractivity contribution in [3.8, 4) is 0 Å². The summed E-state index contributed by atoms with van der Waals surface area (Å²) in [6.45, 7) is 8.49. The summed E-state index contributed by atoms with van der Waals surface area (Å²) < 4.78 is 1.77. The van der Waals surface area contributed by atoms with Crippen LogP contribution in [0.5, 0.6) is 0 Å². The average molecular weight is 395 g/mol. The second kappa shape index (κ2) is 8.41. The molecule has 1 amide bonds. The number of piperazine rings is 1. The van der Waals surface area contributed by atoms with Gasteiger partial charge in [0.2, 0.25) is 0 Å². The van der Waals surface area contributed by atoms with Gasteiger partial charge in [-0.3, -0.25) is 14.5 Å². The summed E-state index contributed by atoms with van der Waals surface area (Å²) in [5.41, 5.74) is 3.71. The van der Waals surface area contributed by atoms with Gasteiger partial charge in [0.25, 0.3) is 5.91 Å². The summed E-state index contributed by atoms with van der Waals surface area (Å²) in [4.78, 5) is 32.0. The number of benzene rings is 1. The van der Waals surface area contributed by atoms with Crippen LogP contribution in [-0.2, 0) is 7.05 Å². The van der Waals surface area contributed by atoms with E-state index in [1.807, 2.05) is 11.9 Å². The normalized spacial score (nSPS) is 18.1. The molecule has 0 saturated carbocycles. The van der Waals surface area contributed by atoms with Gasteiger partial charge in [-0.2, -0.15) is 0 Å². The molecule has 1 saturated heterocycles. The lowest BCUT2D eigenvalue weighted by Crippen LogP contribution is -2.47. The van der Waals surface area contributed by atoms with Crippen molar-refractivity contribution in [2.24, 2.45) is 7.05 Å². The van der Waals surface area contributed by atoms with Crippen molar-refractivity contribution < 1.29 is 9.59 Å². The molecule has 0 N–H and O–H groups in total. The van der Waals surface area contributed by atoms with E-state index < -0.39 is 0 Å². The summed E-state index contributed by atoms with van der Waals surface area (Å²) in [6.07, 6.45) is 3.15. The van der Waals surface area contributed by atoms with Crippen LogP contribution in [0.2, 0.25) is 0 Å². The molecule has 4 rings (SSSR count). The molecule has 2 aliphatic heterocycles. The molecule has 154 valence electrons. The predicted octanol–water partition coefficient (Wildman–Crippen LogP) is 2.57. The summed E-state index contributed by atoms with van der Waals surface area (Å²) in [6, 6.07) is 10.5. The van der Waals surface area contributed by atoms with E-state index in [0.717, 1.165) is 39.1 Å². The van der Waals surface area contributed by atoms with Gasteiger partial charge in [-0.25, -0.2) is 0 Å². The second-order valence-corrected chi connectivity index (χ2v) is 8.17. The molecule has 1 aromatic heterocycles. The highest BCUT2D eigenvalue weighted by Crippen LogP contribution is 2.20. The zero-order valence-electron chi connectivity index (χ0n) is 17.4. The minimum atomic E-state index is -0.00404. The van der Waals surface area contributed by atoms with Crippen LogP contribution in [0.4, 0.5) is 5.69 Å². The van der Waals surface area contributed by atoms with E-state index in [1.165, 1.54) is 11.3 Å². The Morgan fingerprint density at radius 1 is 0.897 bits per heavy atom. The van der Waals surface area contributed by atoms with Crippen molar-refractivity contribution in [3.05, 3.63) is 53.3 Å². The van der Waals surface area contributed by atoms with Crippen LogP contribution in [0.3, 0.4) is 0 Å². The van der Waals surface area contributed by atoms with Gasteiger partial charge in [0.05, 0.1) is 11.3 Å². The molecule has 0 atom stereocenters. The number of fused-ring (bicyclic) bond motifs is 1. The number of hydrogen-bond acceptors (Lipinski definition) is 4. The third-order valence-corrected chi connectivity index (χ3v) is 6.14. The first kappa shape index (κ1) is 19.7. The van der Waals surface area contributed by atoms with Gasteiger partial charge in [0.1, 0.15) is 0 Å². The minimum Gasteiger partial charge on any atom is -0.369 e. The zero-order chi connectivity index (χ0) is 20.4. The number of aromatic nitrogens is 1. The maximum absolute atomic E-state index is 12.8. The molecule has 0 bridgehead atoms. The molecule has 29 heavy (non-hydrogen) atoms. The number of nitrogens with zero attached hydrogens (tertiary/aromatic N) is 4. The Balaban J connectivity index is 1.26. The molecule has 3 heterocycles. The van der Waals surface area contributed by atoms with Gasteiger partial charge in [-0.15, -0.1) is 0 Å². The Morgan fingerprint density at radius 3 is 2.34 bits per heavy atom. The van der Waals surface area contributed by atoms with Crippen molar-refractivity contribution >= 4 is 17.4 Å². The summed E-state index contributed by atoms with van der Waals surface area (Å²) >= 11 is 0. The van der Waals surface area contributed by atoms with Crippen LogP contribution in [-0.4, -0.2) is 71.9 Å². The molecule has 1 aromatic carbocycles. The van der Waals surface area contributed by atoms with Crippen molar-refractivity contribution in [3.63, 3.8) is 0 Å². The average Bonchev–Trinajstić information content (AvgIpc) is 3.07. The van der Waals surface area contributed by atoms with E-state index in [1.54, 1.807) is 16.8 Å². The SMILES string of the molecule is Cc1ccc(N2CCN(CCCN3CCC(=O)c4c(ccn4C)C3=O)CC2)cc1. The van der Waals surface area contributed by atoms with E-state index in [2.05, 4.69) is 41.0 Å². The van der Waals surface area contributed by atoms with Gasteiger partial charge < -0.3 is 14.4 Å². The van der Waals surface area contributed by atoms with E-state index in [4.69, 9.17) is 0 Å². The Bertz CT molecular complexity index is 879. The minimum absolute atomic E-state index is 0.00404. The Morgan fingerprint density at radius 2 is 1.62 bits per heavy atom. The topological polar surface area (TPSA) is 48.8 Å². The molecule has 0 unspecified atom stereocenters. The van der Waals surface area contributed by atoms with Crippen LogP contribution in [0.1, 0.15) is 39.3 Å². The molecular formula is C23H30N4O2. The molecule has 0 spiro atoms. The van der Waals surface area contributed by atoms with Gasteiger partial charge >= 0.3 is 0 Å².